The Kier molecular flexibility index (Phi) is 12.5. The average Bonchev–Trinajstić information content (AvgIpc) is 4.17. The summed E-state index contributed by atoms with van der Waals surface area (Å²) in [4.78, 5) is 18.9. The van der Waals surface area contributed by atoms with Crippen LogP contribution in [0, 0.1) is 29.4 Å². The standard InChI is InChI=1S/C44H42ClF8N7O5S2/c1-21-22(2)44(52,53)40-35(21)38(41(50)51)56-60(40)20-34(61)55-32(17-23-15-24(46)18-25(47)16-23)37-29(10-5-26(54-37)13-14-43(3,4)66(62,63)27-6-7-27)30-11-12-31(45)36-39(30)59(19-33(48)49)57-42(36)58-67(64,65)28-8-9-28/h5,10-12,15-16,18,21-22,27-28,32-33,41H,6-9,17,19-20H2,1-4H3,(H,55,61)(H,57,58)/t21-,22+,32-/m0/s1. The Hall–Kier alpha value is -5.27. The Morgan fingerprint density at radius 2 is 1.55 bits per heavy atom. The fourth-order valence-corrected chi connectivity index (χ4v) is 11.8. The summed E-state index contributed by atoms with van der Waals surface area (Å²) < 4.78 is 173. The predicted molar refractivity (Wildman–Crippen MR) is 232 cm³/mol. The number of pyridine rings is 1. The number of aromatic nitrogens is 5. The van der Waals surface area contributed by atoms with Gasteiger partial charge in [0.05, 0.1) is 38.2 Å². The van der Waals surface area contributed by atoms with E-state index in [1.54, 1.807) is 0 Å². The molecule has 0 saturated heterocycles. The van der Waals surface area contributed by atoms with E-state index < -0.39 is 126 Å². The summed E-state index contributed by atoms with van der Waals surface area (Å²) in [6, 6.07) is 6.33. The molecule has 12 nitrogen and oxygen atoms in total. The number of anilines is 1. The van der Waals surface area contributed by atoms with Crippen LogP contribution in [0.25, 0.3) is 22.0 Å². The Balaban J connectivity index is 1.32. The molecule has 0 aliphatic heterocycles. The van der Waals surface area contributed by atoms with Gasteiger partial charge in [-0.05, 0) is 93.7 Å². The third kappa shape index (κ3) is 9.22. The van der Waals surface area contributed by atoms with Crippen LogP contribution in [0.4, 0.5) is 40.9 Å². The van der Waals surface area contributed by atoms with Gasteiger partial charge < -0.3 is 5.32 Å². The fraction of sp³-hybridized carbons (Fsp3) is 0.455. The highest BCUT2D eigenvalue weighted by Crippen LogP contribution is 2.54. The van der Waals surface area contributed by atoms with Crippen LogP contribution in [0.5, 0.6) is 0 Å². The van der Waals surface area contributed by atoms with E-state index in [0.29, 0.717) is 36.4 Å². The molecule has 8 rings (SSSR count). The summed E-state index contributed by atoms with van der Waals surface area (Å²) >= 11 is 6.66. The van der Waals surface area contributed by atoms with E-state index in [4.69, 9.17) is 16.6 Å². The van der Waals surface area contributed by atoms with Gasteiger partial charge in [-0.2, -0.15) is 19.0 Å². The third-order valence-electron chi connectivity index (χ3n) is 12.4. The van der Waals surface area contributed by atoms with Crippen LogP contribution in [-0.2, 0) is 50.1 Å². The number of hydrogen-bond donors (Lipinski definition) is 2. The van der Waals surface area contributed by atoms with E-state index in [2.05, 4.69) is 32.1 Å². The van der Waals surface area contributed by atoms with Crippen molar-refractivity contribution in [1.82, 2.24) is 29.9 Å². The molecule has 358 valence electrons. The molecule has 5 aromatic rings. The van der Waals surface area contributed by atoms with Crippen LogP contribution < -0.4 is 10.0 Å². The SMILES string of the molecule is C[C@@H]1c2c(C(F)F)nn(CC(=O)N[C@@H](Cc3cc(F)cc(F)c3)c3nc(C#CC(C)(C)S(=O)(=O)C4CC4)ccc3-c3ccc(Cl)c4c(NS(=O)(=O)C5CC5)nn(CC(F)F)c34)c2C(F)(F)[C@@H]1C. The first-order chi connectivity index (χ1) is 31.3. The lowest BCUT2D eigenvalue weighted by Crippen LogP contribution is -2.35. The summed E-state index contributed by atoms with van der Waals surface area (Å²) in [5.41, 5.74) is -2.74. The van der Waals surface area contributed by atoms with Gasteiger partial charge in [-0.25, -0.2) is 48.2 Å². The van der Waals surface area contributed by atoms with Crippen molar-refractivity contribution < 1.29 is 56.8 Å². The molecule has 1 amide bonds. The topological polar surface area (TPSA) is 158 Å². The molecule has 0 spiro atoms. The molecule has 0 radical (unpaired) electrons. The van der Waals surface area contributed by atoms with Gasteiger partial charge in [0.2, 0.25) is 15.9 Å². The van der Waals surface area contributed by atoms with Crippen LogP contribution in [0.3, 0.4) is 0 Å². The predicted octanol–water partition coefficient (Wildman–Crippen LogP) is 8.99. The third-order valence-corrected chi connectivity index (χ3v) is 17.4. The summed E-state index contributed by atoms with van der Waals surface area (Å²) in [5.74, 6) is -4.24. The highest BCUT2D eigenvalue weighted by atomic mass is 35.5. The number of amides is 1. The fourth-order valence-electron chi connectivity index (χ4n) is 8.45. The lowest BCUT2D eigenvalue weighted by molar-refractivity contribution is -0.123. The van der Waals surface area contributed by atoms with Gasteiger partial charge in [-0.1, -0.05) is 37.4 Å². The van der Waals surface area contributed by atoms with E-state index >= 15 is 8.78 Å². The largest absolute Gasteiger partial charge is 0.346 e. The second-order valence-corrected chi connectivity index (χ2v) is 22.8. The Bertz CT molecular complexity index is 3090. The average molecular weight is 1000 g/mol. The van der Waals surface area contributed by atoms with Crippen LogP contribution in [0.15, 0.2) is 42.5 Å². The van der Waals surface area contributed by atoms with Crippen molar-refractivity contribution in [2.45, 2.75) is 119 Å². The smallest absolute Gasteiger partial charge is 0.292 e. The lowest BCUT2D eigenvalue weighted by atomic mass is 9.93. The second kappa shape index (κ2) is 17.4. The van der Waals surface area contributed by atoms with Crippen molar-refractivity contribution in [3.63, 3.8) is 0 Å². The molecule has 3 aliphatic carbocycles. The molecule has 0 bridgehead atoms. The molecule has 3 aromatic heterocycles. The van der Waals surface area contributed by atoms with Crippen molar-refractivity contribution in [2.24, 2.45) is 5.92 Å². The van der Waals surface area contributed by atoms with Crippen molar-refractivity contribution in [3.8, 4) is 23.0 Å². The zero-order valence-corrected chi connectivity index (χ0v) is 38.4. The molecular weight excluding hydrogens is 958 g/mol. The molecule has 3 heterocycles. The molecule has 2 aromatic carbocycles. The Morgan fingerprint density at radius 3 is 2.16 bits per heavy atom. The number of alkyl halides is 6. The monoisotopic (exact) mass is 999 g/mol. The van der Waals surface area contributed by atoms with Crippen LogP contribution in [0.2, 0.25) is 5.02 Å². The molecular formula is C44H42ClF8N7O5S2. The van der Waals surface area contributed by atoms with Crippen molar-refractivity contribution >= 4 is 54.1 Å². The van der Waals surface area contributed by atoms with Gasteiger partial charge in [0, 0.05) is 28.7 Å². The minimum atomic E-state index is -4.05. The van der Waals surface area contributed by atoms with Gasteiger partial charge >= 0.3 is 0 Å². The number of benzene rings is 2. The molecule has 2 saturated carbocycles. The molecule has 23 heteroatoms. The summed E-state index contributed by atoms with van der Waals surface area (Å²) in [5, 5.41) is 8.97. The maximum Gasteiger partial charge on any atom is 0.292 e. The molecule has 3 atom stereocenters. The van der Waals surface area contributed by atoms with E-state index in [1.807, 2.05) is 0 Å². The normalized spacial score (nSPS) is 18.9. The summed E-state index contributed by atoms with van der Waals surface area (Å²) in [7, 11) is -7.80. The number of hydrogen-bond acceptors (Lipinski definition) is 8. The summed E-state index contributed by atoms with van der Waals surface area (Å²) in [6.45, 7) is 3.20. The number of carbonyl (C=O) groups excluding carboxylic acids is 1. The summed E-state index contributed by atoms with van der Waals surface area (Å²) in [6.07, 6.45) is -5.24. The van der Waals surface area contributed by atoms with Crippen LogP contribution in [-0.4, -0.2) is 69.0 Å². The van der Waals surface area contributed by atoms with E-state index in [0.717, 1.165) is 16.8 Å². The van der Waals surface area contributed by atoms with E-state index in [1.165, 1.54) is 52.0 Å². The Morgan fingerprint density at radius 1 is 0.910 bits per heavy atom. The van der Waals surface area contributed by atoms with Crippen molar-refractivity contribution in [3.05, 3.63) is 93.0 Å². The number of rotatable bonds is 15. The lowest BCUT2D eigenvalue weighted by Gasteiger charge is -2.24. The van der Waals surface area contributed by atoms with E-state index in [-0.39, 0.29) is 49.8 Å². The Labute approximate surface area is 384 Å². The number of carbonyl (C=O) groups is 1. The maximum absolute atomic E-state index is 15.8. The van der Waals surface area contributed by atoms with Crippen LogP contribution >= 0.6 is 11.6 Å². The van der Waals surface area contributed by atoms with Gasteiger partial charge in [-0.15, -0.1) is 0 Å². The first kappa shape index (κ1) is 48.2. The number of fused-ring (bicyclic) bond motifs is 2. The minimum Gasteiger partial charge on any atom is -0.346 e. The highest BCUT2D eigenvalue weighted by molar-refractivity contribution is 7.94. The molecule has 2 fully saturated rings. The number of sulfonamides is 1. The maximum atomic E-state index is 15.8. The van der Waals surface area contributed by atoms with E-state index in [9.17, 15) is 48.0 Å². The van der Waals surface area contributed by atoms with Crippen molar-refractivity contribution in [1.29, 1.82) is 0 Å². The second-order valence-electron chi connectivity index (χ2n) is 17.6. The van der Waals surface area contributed by atoms with Gasteiger partial charge in [0.1, 0.15) is 46.6 Å². The van der Waals surface area contributed by atoms with Gasteiger partial charge in [-0.3, -0.25) is 18.9 Å². The number of nitrogens with one attached hydrogen (secondary N) is 2. The van der Waals surface area contributed by atoms with Crippen LogP contribution in [0.1, 0.15) is 106 Å². The van der Waals surface area contributed by atoms with Crippen molar-refractivity contribution in [2.75, 3.05) is 4.72 Å². The zero-order chi connectivity index (χ0) is 48.7. The zero-order valence-electron chi connectivity index (χ0n) is 36.0. The minimum absolute atomic E-state index is 0.000389. The molecule has 2 N–H and O–H groups in total. The van der Waals surface area contributed by atoms with Gasteiger partial charge in [0.15, 0.2) is 15.7 Å². The highest BCUT2D eigenvalue weighted by Gasteiger charge is 2.55. The van der Waals surface area contributed by atoms with Gasteiger partial charge in [0.25, 0.3) is 18.8 Å². The number of halogens is 9. The quantitative estimate of drug-likeness (QED) is 0.0778. The number of nitrogens with zero attached hydrogens (tertiary/aromatic N) is 5. The first-order valence-corrected chi connectivity index (χ1v) is 24.6. The molecule has 3 aliphatic rings. The molecule has 0 unspecified atom stereocenters. The first-order valence-electron chi connectivity index (χ1n) is 21.1. The number of sulfone groups is 1. The molecule has 67 heavy (non-hydrogen) atoms.